The normalized spacial score (nSPS) is 11.2. The molecule has 5 heteroatoms. The zero-order chi connectivity index (χ0) is 23.3. The Morgan fingerprint density at radius 2 is 0.909 bits per heavy atom. The Morgan fingerprint density at radius 1 is 0.545 bits per heavy atom. The molecule has 0 aliphatic carbocycles. The largest absolute Gasteiger partial charge is 0.489 e. The standard InChI is InChI=1S/C28H26O4S/c1-21-7-3-5-9-23(21)19-31-25-11-15-27(16-12-25)33(29,30)28-17-13-26(14-18-28)32-20-24-10-6-4-8-22(24)2/h3-18H,19-20H2,1-2H3. The van der Waals surface area contributed by atoms with Gasteiger partial charge in [0.15, 0.2) is 0 Å². The minimum absolute atomic E-state index is 0.222. The first-order valence-electron chi connectivity index (χ1n) is 10.7. The molecule has 0 aliphatic heterocycles. The molecular formula is C28H26O4S. The van der Waals surface area contributed by atoms with Gasteiger partial charge >= 0.3 is 0 Å². The van der Waals surface area contributed by atoms with Crippen LogP contribution in [0.25, 0.3) is 0 Å². The van der Waals surface area contributed by atoms with E-state index < -0.39 is 9.84 Å². The average Bonchev–Trinajstić information content (AvgIpc) is 2.83. The number of aryl methyl sites for hydroxylation is 2. The van der Waals surface area contributed by atoms with Crippen LogP contribution in [0.4, 0.5) is 0 Å². The first-order valence-corrected chi connectivity index (χ1v) is 12.2. The van der Waals surface area contributed by atoms with Gasteiger partial charge in [-0.1, -0.05) is 48.5 Å². The summed E-state index contributed by atoms with van der Waals surface area (Å²) in [5, 5.41) is 0. The molecule has 0 saturated heterocycles. The molecule has 4 aromatic carbocycles. The van der Waals surface area contributed by atoms with Gasteiger partial charge in [0, 0.05) is 0 Å². The molecule has 0 atom stereocenters. The maximum absolute atomic E-state index is 13.0. The van der Waals surface area contributed by atoms with Gasteiger partial charge in [-0.05, 0) is 84.6 Å². The van der Waals surface area contributed by atoms with E-state index in [2.05, 4.69) is 0 Å². The maximum Gasteiger partial charge on any atom is 0.206 e. The first-order chi connectivity index (χ1) is 15.9. The van der Waals surface area contributed by atoms with Crippen molar-refractivity contribution in [3.63, 3.8) is 0 Å². The lowest BCUT2D eigenvalue weighted by atomic mass is 10.1. The zero-order valence-corrected chi connectivity index (χ0v) is 19.5. The zero-order valence-electron chi connectivity index (χ0n) is 18.7. The molecule has 0 saturated carbocycles. The monoisotopic (exact) mass is 458 g/mol. The SMILES string of the molecule is Cc1ccccc1COc1ccc(S(=O)(=O)c2ccc(OCc3ccccc3C)cc2)cc1. The molecule has 0 bridgehead atoms. The summed E-state index contributed by atoms with van der Waals surface area (Å²) in [6, 6.07) is 29.1. The van der Waals surface area contributed by atoms with Gasteiger partial charge < -0.3 is 9.47 Å². The fourth-order valence-corrected chi connectivity index (χ4v) is 4.69. The van der Waals surface area contributed by atoms with Crippen LogP contribution in [0, 0.1) is 13.8 Å². The summed E-state index contributed by atoms with van der Waals surface area (Å²) in [5.41, 5.74) is 4.50. The lowest BCUT2D eigenvalue weighted by Gasteiger charge is -2.11. The van der Waals surface area contributed by atoms with Gasteiger partial charge in [-0.25, -0.2) is 8.42 Å². The second-order valence-corrected chi connectivity index (χ2v) is 9.83. The van der Waals surface area contributed by atoms with E-state index in [-0.39, 0.29) is 9.79 Å². The summed E-state index contributed by atoms with van der Waals surface area (Å²) < 4.78 is 37.7. The van der Waals surface area contributed by atoms with Crippen LogP contribution in [0.3, 0.4) is 0 Å². The summed E-state index contributed by atoms with van der Waals surface area (Å²) in [6.07, 6.45) is 0. The summed E-state index contributed by atoms with van der Waals surface area (Å²) in [7, 11) is -3.63. The second-order valence-electron chi connectivity index (χ2n) is 7.88. The molecule has 0 radical (unpaired) electrons. The Balaban J connectivity index is 1.41. The molecule has 33 heavy (non-hydrogen) atoms. The van der Waals surface area contributed by atoms with Crippen LogP contribution in [0.2, 0.25) is 0 Å². The molecule has 0 unspecified atom stereocenters. The van der Waals surface area contributed by atoms with Crippen LogP contribution >= 0.6 is 0 Å². The van der Waals surface area contributed by atoms with Crippen molar-refractivity contribution in [1.82, 2.24) is 0 Å². The topological polar surface area (TPSA) is 52.6 Å². The average molecular weight is 459 g/mol. The summed E-state index contributed by atoms with van der Waals surface area (Å²) >= 11 is 0. The highest BCUT2D eigenvalue weighted by Gasteiger charge is 2.18. The summed E-state index contributed by atoms with van der Waals surface area (Å²) in [6.45, 7) is 4.94. The molecule has 0 fully saturated rings. The molecule has 0 spiro atoms. The van der Waals surface area contributed by atoms with Crippen LogP contribution in [0.1, 0.15) is 22.3 Å². The van der Waals surface area contributed by atoms with Crippen LogP contribution in [0.15, 0.2) is 107 Å². The molecule has 0 heterocycles. The summed E-state index contributed by atoms with van der Waals surface area (Å²) in [4.78, 5) is 0.443. The van der Waals surface area contributed by atoms with Crippen molar-refractivity contribution >= 4 is 9.84 Å². The van der Waals surface area contributed by atoms with Crippen molar-refractivity contribution in [1.29, 1.82) is 0 Å². The highest BCUT2D eigenvalue weighted by molar-refractivity contribution is 7.91. The van der Waals surface area contributed by atoms with Gasteiger partial charge in [-0.15, -0.1) is 0 Å². The Morgan fingerprint density at radius 3 is 1.27 bits per heavy atom. The Labute approximate surface area is 195 Å². The summed E-state index contributed by atoms with van der Waals surface area (Å²) in [5.74, 6) is 1.24. The van der Waals surface area contributed by atoms with E-state index >= 15 is 0 Å². The molecule has 4 aromatic rings. The highest BCUT2D eigenvalue weighted by Crippen LogP contribution is 2.26. The highest BCUT2D eigenvalue weighted by atomic mass is 32.2. The molecule has 0 aliphatic rings. The third-order valence-electron chi connectivity index (χ3n) is 5.58. The van der Waals surface area contributed by atoms with Gasteiger partial charge in [0.2, 0.25) is 9.84 Å². The molecular weight excluding hydrogens is 432 g/mol. The lowest BCUT2D eigenvalue weighted by molar-refractivity contribution is 0.305. The third kappa shape index (κ3) is 5.44. The van der Waals surface area contributed by atoms with E-state index in [0.717, 1.165) is 22.3 Å². The number of hydrogen-bond donors (Lipinski definition) is 0. The van der Waals surface area contributed by atoms with Crippen molar-refractivity contribution in [2.24, 2.45) is 0 Å². The van der Waals surface area contributed by atoms with E-state index in [1.165, 1.54) is 0 Å². The Kier molecular flexibility index (Phi) is 6.80. The van der Waals surface area contributed by atoms with Crippen LogP contribution in [-0.2, 0) is 23.1 Å². The van der Waals surface area contributed by atoms with E-state index in [1.54, 1.807) is 48.5 Å². The van der Waals surface area contributed by atoms with Crippen LogP contribution in [0.5, 0.6) is 11.5 Å². The number of ether oxygens (including phenoxy) is 2. The van der Waals surface area contributed by atoms with Gasteiger partial charge in [0.25, 0.3) is 0 Å². The van der Waals surface area contributed by atoms with Gasteiger partial charge in [-0.2, -0.15) is 0 Å². The fraction of sp³-hybridized carbons (Fsp3) is 0.143. The van der Waals surface area contributed by atoms with E-state index in [0.29, 0.717) is 24.7 Å². The Bertz CT molecular complexity index is 1230. The molecule has 4 nitrogen and oxygen atoms in total. The van der Waals surface area contributed by atoms with Crippen molar-refractivity contribution in [2.75, 3.05) is 0 Å². The minimum Gasteiger partial charge on any atom is -0.489 e. The fourth-order valence-electron chi connectivity index (χ4n) is 3.43. The van der Waals surface area contributed by atoms with E-state index in [9.17, 15) is 8.42 Å². The Hall–Kier alpha value is -3.57. The molecule has 168 valence electrons. The molecule has 0 amide bonds. The van der Waals surface area contributed by atoms with Crippen molar-refractivity contribution in [2.45, 2.75) is 36.9 Å². The van der Waals surface area contributed by atoms with Crippen LogP contribution < -0.4 is 9.47 Å². The molecule has 0 aromatic heterocycles. The lowest BCUT2D eigenvalue weighted by Crippen LogP contribution is -2.03. The van der Waals surface area contributed by atoms with Crippen LogP contribution in [-0.4, -0.2) is 8.42 Å². The third-order valence-corrected chi connectivity index (χ3v) is 7.36. The van der Waals surface area contributed by atoms with Gasteiger partial charge in [0.1, 0.15) is 24.7 Å². The number of sulfone groups is 1. The second kappa shape index (κ2) is 9.92. The predicted molar refractivity (Wildman–Crippen MR) is 129 cm³/mol. The minimum atomic E-state index is -3.63. The number of rotatable bonds is 8. The van der Waals surface area contributed by atoms with Crippen molar-refractivity contribution in [3.05, 3.63) is 119 Å². The smallest absolute Gasteiger partial charge is 0.206 e. The quantitative estimate of drug-likeness (QED) is 0.311. The van der Waals surface area contributed by atoms with E-state index in [1.807, 2.05) is 62.4 Å². The van der Waals surface area contributed by atoms with Gasteiger partial charge in [-0.3, -0.25) is 0 Å². The first kappa shape index (κ1) is 22.6. The van der Waals surface area contributed by atoms with Crippen molar-refractivity contribution < 1.29 is 17.9 Å². The number of benzene rings is 4. The maximum atomic E-state index is 13.0. The van der Waals surface area contributed by atoms with E-state index in [4.69, 9.17) is 9.47 Å². The molecule has 4 rings (SSSR count). The number of hydrogen-bond acceptors (Lipinski definition) is 4. The van der Waals surface area contributed by atoms with Gasteiger partial charge in [0.05, 0.1) is 9.79 Å². The van der Waals surface area contributed by atoms with Crippen molar-refractivity contribution in [3.8, 4) is 11.5 Å². The predicted octanol–water partition coefficient (Wildman–Crippen LogP) is 6.29. The molecule has 0 N–H and O–H groups in total.